The molecule has 0 bridgehead atoms. The first-order chi connectivity index (χ1) is 16.8. The van der Waals surface area contributed by atoms with E-state index in [1.165, 1.54) is 0 Å². The smallest absolute Gasteiger partial charge is 0.427 e. The number of nitrogens with zero attached hydrogens (tertiary/aromatic N) is 4. The zero-order valence-electron chi connectivity index (χ0n) is 19.8. The van der Waals surface area contributed by atoms with E-state index in [2.05, 4.69) is 21.1 Å². The molecule has 180 valence electrons. The highest BCUT2D eigenvalue weighted by Crippen LogP contribution is 2.33. The zero-order chi connectivity index (χ0) is 25.1. The number of rotatable bonds is 8. The van der Waals surface area contributed by atoms with Crippen molar-refractivity contribution >= 4 is 48.1 Å². The van der Waals surface area contributed by atoms with Crippen LogP contribution in [-0.2, 0) is 17.8 Å². The van der Waals surface area contributed by atoms with Crippen LogP contribution >= 0.6 is 8.60 Å². The molecule has 0 amide bonds. The predicted molar refractivity (Wildman–Crippen MR) is 138 cm³/mol. The lowest BCUT2D eigenvalue weighted by Crippen LogP contribution is -2.07. The Kier molecular flexibility index (Phi) is 7.27. The van der Waals surface area contributed by atoms with E-state index in [1.807, 2.05) is 37.3 Å². The fraction of sp³-hybridized carbons (Fsp3) is 0.280. The maximum Gasteiger partial charge on any atom is 0.568 e. The molecule has 0 fully saturated rings. The van der Waals surface area contributed by atoms with Crippen molar-refractivity contribution in [3.8, 4) is 5.75 Å². The number of pyridine rings is 1. The first kappa shape index (κ1) is 24.6. The predicted octanol–water partition coefficient (Wildman–Crippen LogP) is 3.67. The van der Waals surface area contributed by atoms with Crippen LogP contribution < -0.4 is 14.9 Å². The number of nitrogen functional groups attached to an aromatic ring is 1. The number of carbonyl (C=O) groups excluding carboxylic acids is 1. The van der Waals surface area contributed by atoms with Gasteiger partial charge in [0.25, 0.3) is 0 Å². The number of imidazole rings is 1. The molecule has 2 aromatic carbocycles. The highest BCUT2D eigenvalue weighted by atomic mass is 31.2. The van der Waals surface area contributed by atoms with Crippen LogP contribution in [0, 0.1) is 6.92 Å². The summed E-state index contributed by atoms with van der Waals surface area (Å²) in [4.78, 5) is 38.6. The molecule has 0 radical (unpaired) electrons. The van der Waals surface area contributed by atoms with Gasteiger partial charge in [0.1, 0.15) is 17.1 Å². The average Bonchev–Trinajstić information content (AvgIpc) is 3.18. The molecule has 2 aromatic heterocycles. The maximum atomic E-state index is 10.8. The lowest BCUT2D eigenvalue weighted by atomic mass is 10.1. The molecule has 0 unspecified atom stereocenters. The Morgan fingerprint density at radius 2 is 2.03 bits per heavy atom. The van der Waals surface area contributed by atoms with Crippen molar-refractivity contribution in [3.05, 3.63) is 58.9 Å². The van der Waals surface area contributed by atoms with Crippen LogP contribution in [0.25, 0.3) is 21.9 Å². The van der Waals surface area contributed by atoms with E-state index in [9.17, 15) is 14.6 Å². The number of unbranched alkanes of at least 4 members (excludes halogenated alkanes) is 1. The minimum absolute atomic E-state index is 0.363. The molecule has 0 saturated carbocycles. The van der Waals surface area contributed by atoms with Gasteiger partial charge in [0.15, 0.2) is 5.82 Å². The fourth-order valence-corrected chi connectivity index (χ4v) is 4.57. The molecule has 10 heteroatoms. The second kappa shape index (κ2) is 10.4. The largest absolute Gasteiger partial charge is 0.568 e. The first-order valence-corrected chi connectivity index (χ1v) is 12.4. The van der Waals surface area contributed by atoms with Gasteiger partial charge < -0.3 is 24.6 Å². The number of hydrogen-bond donors (Lipinski definition) is 3. The van der Waals surface area contributed by atoms with Crippen LogP contribution in [0.5, 0.6) is 5.75 Å². The van der Waals surface area contributed by atoms with Gasteiger partial charge in [-0.1, -0.05) is 25.5 Å². The lowest BCUT2D eigenvalue weighted by Gasteiger charge is -2.14. The maximum absolute atomic E-state index is 10.8. The van der Waals surface area contributed by atoms with Crippen molar-refractivity contribution in [2.45, 2.75) is 46.6 Å². The molecule has 0 aliphatic heterocycles. The zero-order valence-corrected chi connectivity index (χ0v) is 20.7. The monoisotopic (exact) mass is 492 g/mol. The van der Waals surface area contributed by atoms with Crippen LogP contribution in [-0.4, -0.2) is 36.1 Å². The average molecular weight is 492 g/mol. The van der Waals surface area contributed by atoms with Crippen molar-refractivity contribution in [1.82, 2.24) is 19.2 Å². The molecule has 0 spiro atoms. The van der Waals surface area contributed by atoms with E-state index in [1.54, 1.807) is 19.1 Å². The van der Waals surface area contributed by atoms with Gasteiger partial charge in [0, 0.05) is 29.9 Å². The number of hydrogen-bond acceptors (Lipinski definition) is 7. The number of benzene rings is 2. The molecule has 0 atom stereocenters. The van der Waals surface area contributed by atoms with E-state index in [0.717, 1.165) is 58.2 Å². The van der Waals surface area contributed by atoms with E-state index < -0.39 is 8.60 Å². The molecule has 4 rings (SSSR count). The third-order valence-electron chi connectivity index (χ3n) is 5.93. The van der Waals surface area contributed by atoms with Crippen LogP contribution in [0.15, 0.2) is 36.4 Å². The number of aromatic nitrogens is 3. The van der Waals surface area contributed by atoms with E-state index in [4.69, 9.17) is 15.2 Å². The van der Waals surface area contributed by atoms with Gasteiger partial charge in [-0.25, -0.2) is 9.97 Å². The Balaban J connectivity index is 1.93. The Morgan fingerprint density at radius 1 is 1.23 bits per heavy atom. The molecule has 4 N–H and O–H groups in total. The minimum Gasteiger partial charge on any atom is -0.427 e. The van der Waals surface area contributed by atoms with Crippen LogP contribution in [0.4, 0.5) is 5.82 Å². The van der Waals surface area contributed by atoms with Gasteiger partial charge in [0.05, 0.1) is 16.6 Å². The van der Waals surface area contributed by atoms with Crippen molar-refractivity contribution in [3.63, 3.8) is 0 Å². The highest BCUT2D eigenvalue weighted by molar-refractivity contribution is 7.39. The van der Waals surface area contributed by atoms with Crippen molar-refractivity contribution in [2.75, 3.05) is 5.73 Å². The van der Waals surface area contributed by atoms with Gasteiger partial charge in [0.2, 0.25) is 0 Å². The van der Waals surface area contributed by atoms with Crippen LogP contribution in [0.3, 0.4) is 0 Å². The molecule has 0 aliphatic rings. The Hall–Kier alpha value is -3.57. The summed E-state index contributed by atoms with van der Waals surface area (Å²) in [5.41, 5.74) is 11.7. The number of aryl methyl sites for hydroxylation is 2. The summed E-state index contributed by atoms with van der Waals surface area (Å²) in [5.74, 6) is 1.70. The van der Waals surface area contributed by atoms with E-state index in [-0.39, 0.29) is 0 Å². The van der Waals surface area contributed by atoms with E-state index >= 15 is 0 Å². The lowest BCUT2D eigenvalue weighted by molar-refractivity contribution is 0.374. The number of fused-ring (bicyclic) bond motifs is 3. The number of anilines is 1. The second-order valence-electron chi connectivity index (χ2n) is 8.38. The topological polar surface area (TPSA) is 138 Å². The molecule has 0 saturated heterocycles. The highest BCUT2D eigenvalue weighted by Gasteiger charge is 2.19. The fourth-order valence-electron chi connectivity index (χ4n) is 4.19. The summed E-state index contributed by atoms with van der Waals surface area (Å²) in [5, 5.41) is 0.866. The third-order valence-corrected chi connectivity index (χ3v) is 6.29. The molecule has 2 heterocycles. The first-order valence-electron chi connectivity index (χ1n) is 11.3. The summed E-state index contributed by atoms with van der Waals surface area (Å²) in [6, 6.07) is 11.3. The number of isocyanates is 1. The van der Waals surface area contributed by atoms with Gasteiger partial charge in [-0.05, 0) is 48.7 Å². The quantitative estimate of drug-likeness (QED) is 0.148. The summed E-state index contributed by atoms with van der Waals surface area (Å²) >= 11 is 0. The molecule has 9 nitrogen and oxygen atoms in total. The molecular weight excluding hydrogens is 465 g/mol. The Bertz CT molecular complexity index is 1500. The SMILES string of the molecule is CCCCc1nc2c(N)nc3ccc(C(C)=[N+]=C=O)cc3c2n1Cc1ccc(OP(O)O)c(C)c1. The van der Waals surface area contributed by atoms with Crippen LogP contribution in [0.2, 0.25) is 0 Å². The molecule has 35 heavy (non-hydrogen) atoms. The van der Waals surface area contributed by atoms with Gasteiger partial charge >= 0.3 is 20.4 Å². The van der Waals surface area contributed by atoms with Gasteiger partial charge in [-0.15, -0.1) is 4.79 Å². The van der Waals surface area contributed by atoms with Crippen molar-refractivity contribution in [2.24, 2.45) is 0 Å². The minimum atomic E-state index is -2.48. The summed E-state index contributed by atoms with van der Waals surface area (Å²) in [6.45, 7) is 6.28. The number of nitrogens with two attached hydrogens (primary N) is 1. The summed E-state index contributed by atoms with van der Waals surface area (Å²) in [6.07, 6.45) is 4.38. The van der Waals surface area contributed by atoms with Gasteiger partial charge in [-0.3, -0.25) is 0 Å². The van der Waals surface area contributed by atoms with E-state index in [0.29, 0.717) is 29.3 Å². The van der Waals surface area contributed by atoms with Gasteiger partial charge in [-0.2, -0.15) is 0 Å². The summed E-state index contributed by atoms with van der Waals surface area (Å²) < 4.78 is 11.0. The van der Waals surface area contributed by atoms with Crippen molar-refractivity contribution in [1.29, 1.82) is 0 Å². The normalized spacial score (nSPS) is 11.1. The van der Waals surface area contributed by atoms with Crippen LogP contribution in [0.1, 0.15) is 49.2 Å². The Morgan fingerprint density at radius 3 is 2.71 bits per heavy atom. The van der Waals surface area contributed by atoms with Crippen molar-refractivity contribution < 1.29 is 19.1 Å². The molecule has 4 aromatic rings. The molecule has 0 aliphatic carbocycles. The second-order valence-corrected chi connectivity index (χ2v) is 9.06. The third kappa shape index (κ3) is 5.10. The standard InChI is InChI=1S/C25H26N5O4P/c1-4-5-6-22-29-23-24(30(22)13-17-7-10-21(15(2)11-17)34-35(32)33)19-12-18(16(3)27-14-31)8-9-20(19)28-25(23)26/h7-12,26,32-33H,4-6,13H2,1-3H3/p+1. The Labute approximate surface area is 203 Å². The molecular formula is C25H27N5O4P+. The summed E-state index contributed by atoms with van der Waals surface area (Å²) in [7, 11) is -2.48.